The fourth-order valence-electron chi connectivity index (χ4n) is 2.26. The van der Waals surface area contributed by atoms with E-state index >= 15 is 0 Å². The van der Waals surface area contributed by atoms with Gasteiger partial charge < -0.3 is 4.74 Å². The van der Waals surface area contributed by atoms with Gasteiger partial charge in [-0.05, 0) is 23.6 Å². The topological polar surface area (TPSA) is 59.4 Å². The van der Waals surface area contributed by atoms with Crippen molar-refractivity contribution >= 4 is 39.7 Å². The lowest BCUT2D eigenvalue weighted by Gasteiger charge is -2.15. The van der Waals surface area contributed by atoms with Crippen LogP contribution >= 0.6 is 11.3 Å². The van der Waals surface area contributed by atoms with Crippen LogP contribution < -0.4 is 10.2 Å². The number of aromatic nitrogens is 2. The van der Waals surface area contributed by atoms with Crippen molar-refractivity contribution < 1.29 is 4.74 Å². The number of fused-ring (bicyclic) bond motifs is 2. The van der Waals surface area contributed by atoms with Crippen molar-refractivity contribution in [1.82, 2.24) is 9.97 Å². The van der Waals surface area contributed by atoms with E-state index in [1.165, 1.54) is 6.33 Å². The third-order valence-corrected chi connectivity index (χ3v) is 4.14. The van der Waals surface area contributed by atoms with Crippen LogP contribution in [0.1, 0.15) is 5.56 Å². The average molecular weight is 308 g/mol. The molecule has 0 fully saturated rings. The van der Waals surface area contributed by atoms with Crippen molar-refractivity contribution in [2.24, 2.45) is 5.10 Å². The van der Waals surface area contributed by atoms with Gasteiger partial charge in [0.25, 0.3) is 0 Å². The Morgan fingerprint density at radius 3 is 3.18 bits per heavy atom. The first-order valence-corrected chi connectivity index (χ1v) is 7.68. The fourth-order valence-corrected chi connectivity index (χ4v) is 3.00. The Balaban J connectivity index is 1.54. The Kier molecular flexibility index (Phi) is 3.29. The lowest BCUT2D eigenvalue weighted by molar-refractivity contribution is 0.353. The summed E-state index contributed by atoms with van der Waals surface area (Å²) in [6, 6.07) is 9.93. The molecule has 2 aromatic heterocycles. The van der Waals surface area contributed by atoms with Gasteiger partial charge in [-0.2, -0.15) is 5.10 Å². The zero-order valence-electron chi connectivity index (χ0n) is 11.6. The summed E-state index contributed by atoms with van der Waals surface area (Å²) < 4.78 is 5.69. The van der Waals surface area contributed by atoms with Crippen molar-refractivity contribution in [3.8, 4) is 5.75 Å². The lowest BCUT2D eigenvalue weighted by Crippen LogP contribution is -2.08. The SMILES string of the molecule is C(=NNc1ncnc2sccc12)C1=Cc2ccccc2OC1. The van der Waals surface area contributed by atoms with Crippen LogP contribution in [-0.4, -0.2) is 22.8 Å². The highest BCUT2D eigenvalue weighted by Crippen LogP contribution is 2.25. The van der Waals surface area contributed by atoms with Crippen LogP contribution in [0.25, 0.3) is 16.3 Å². The van der Waals surface area contributed by atoms with E-state index in [-0.39, 0.29) is 0 Å². The first kappa shape index (κ1) is 13.0. The number of benzene rings is 1. The molecular weight excluding hydrogens is 296 g/mol. The number of hydrogen-bond acceptors (Lipinski definition) is 6. The third kappa shape index (κ3) is 2.44. The molecule has 0 aliphatic carbocycles. The largest absolute Gasteiger partial charge is 0.488 e. The third-order valence-electron chi connectivity index (χ3n) is 3.32. The maximum Gasteiger partial charge on any atom is 0.158 e. The molecule has 5 nitrogen and oxygen atoms in total. The maximum atomic E-state index is 5.69. The molecule has 0 amide bonds. The number of ether oxygens (including phenoxy) is 1. The molecule has 1 aliphatic heterocycles. The molecule has 0 saturated heterocycles. The van der Waals surface area contributed by atoms with Crippen LogP contribution in [0, 0.1) is 0 Å². The van der Waals surface area contributed by atoms with E-state index in [0.29, 0.717) is 12.4 Å². The maximum absolute atomic E-state index is 5.69. The lowest BCUT2D eigenvalue weighted by atomic mass is 10.1. The molecule has 0 radical (unpaired) electrons. The van der Waals surface area contributed by atoms with Crippen molar-refractivity contribution in [3.63, 3.8) is 0 Å². The molecule has 6 heteroatoms. The average Bonchev–Trinajstić information content (AvgIpc) is 3.04. The number of anilines is 1. The molecule has 3 aromatic rings. The molecule has 1 N–H and O–H groups in total. The summed E-state index contributed by atoms with van der Waals surface area (Å²) in [5.41, 5.74) is 5.04. The Morgan fingerprint density at radius 2 is 2.18 bits per heavy atom. The molecule has 0 spiro atoms. The van der Waals surface area contributed by atoms with E-state index in [4.69, 9.17) is 4.74 Å². The smallest absolute Gasteiger partial charge is 0.158 e. The van der Waals surface area contributed by atoms with E-state index in [0.717, 1.165) is 27.1 Å². The number of nitrogens with zero attached hydrogens (tertiary/aromatic N) is 3. The van der Waals surface area contributed by atoms with Crippen LogP contribution in [0.5, 0.6) is 5.75 Å². The van der Waals surface area contributed by atoms with Gasteiger partial charge in [-0.1, -0.05) is 18.2 Å². The molecule has 1 aromatic carbocycles. The van der Waals surface area contributed by atoms with E-state index in [2.05, 4.69) is 26.6 Å². The second kappa shape index (κ2) is 5.57. The molecule has 22 heavy (non-hydrogen) atoms. The molecule has 108 valence electrons. The van der Waals surface area contributed by atoms with Crippen molar-refractivity contribution in [2.45, 2.75) is 0 Å². The molecule has 0 atom stereocenters. The minimum absolute atomic E-state index is 0.514. The first-order chi connectivity index (χ1) is 10.9. The second-order valence-corrected chi connectivity index (χ2v) is 5.67. The minimum atomic E-state index is 0.514. The summed E-state index contributed by atoms with van der Waals surface area (Å²) in [5, 5.41) is 7.22. The Morgan fingerprint density at radius 1 is 1.23 bits per heavy atom. The highest BCUT2D eigenvalue weighted by molar-refractivity contribution is 7.16. The normalized spacial score (nSPS) is 13.7. The van der Waals surface area contributed by atoms with E-state index < -0.39 is 0 Å². The highest BCUT2D eigenvalue weighted by atomic mass is 32.1. The summed E-state index contributed by atoms with van der Waals surface area (Å²) in [5.74, 6) is 1.61. The summed E-state index contributed by atoms with van der Waals surface area (Å²) in [6.07, 6.45) is 5.37. The molecule has 0 bridgehead atoms. The van der Waals surface area contributed by atoms with E-state index in [1.807, 2.05) is 35.7 Å². The zero-order chi connectivity index (χ0) is 14.8. The fraction of sp³-hybridized carbons (Fsp3) is 0.0625. The van der Waals surface area contributed by atoms with E-state index in [1.54, 1.807) is 17.6 Å². The van der Waals surface area contributed by atoms with Crippen molar-refractivity contribution in [3.05, 3.63) is 53.2 Å². The first-order valence-electron chi connectivity index (χ1n) is 6.80. The van der Waals surface area contributed by atoms with Crippen LogP contribution in [0.2, 0.25) is 0 Å². The minimum Gasteiger partial charge on any atom is -0.488 e. The number of thiophene rings is 1. The van der Waals surface area contributed by atoms with Crippen LogP contribution in [-0.2, 0) is 0 Å². The number of rotatable bonds is 3. The number of hydrazone groups is 1. The second-order valence-electron chi connectivity index (χ2n) is 4.78. The molecule has 3 heterocycles. The summed E-state index contributed by atoms with van der Waals surface area (Å²) >= 11 is 1.58. The molecular formula is C16H12N4OS. The number of para-hydroxylation sites is 1. The van der Waals surface area contributed by atoms with Crippen molar-refractivity contribution in [2.75, 3.05) is 12.0 Å². The molecule has 0 saturated carbocycles. The zero-order valence-corrected chi connectivity index (χ0v) is 12.4. The van der Waals surface area contributed by atoms with Crippen LogP contribution in [0.15, 0.2) is 52.7 Å². The summed E-state index contributed by atoms with van der Waals surface area (Å²) in [7, 11) is 0. The Labute approximate surface area is 131 Å². The van der Waals surface area contributed by atoms with Gasteiger partial charge in [0.1, 0.15) is 23.5 Å². The Bertz CT molecular complexity index is 884. The predicted molar refractivity (Wildman–Crippen MR) is 89.4 cm³/mol. The Hall–Kier alpha value is -2.73. The molecule has 1 aliphatic rings. The van der Waals surface area contributed by atoms with Gasteiger partial charge in [0.15, 0.2) is 5.82 Å². The van der Waals surface area contributed by atoms with Crippen LogP contribution in [0.3, 0.4) is 0 Å². The summed E-state index contributed by atoms with van der Waals surface area (Å²) in [6.45, 7) is 0.514. The van der Waals surface area contributed by atoms with Gasteiger partial charge in [-0.15, -0.1) is 11.3 Å². The van der Waals surface area contributed by atoms with Gasteiger partial charge >= 0.3 is 0 Å². The van der Waals surface area contributed by atoms with Gasteiger partial charge in [-0.3, -0.25) is 5.43 Å². The van der Waals surface area contributed by atoms with E-state index in [9.17, 15) is 0 Å². The predicted octanol–water partition coefficient (Wildman–Crippen LogP) is 3.57. The number of nitrogens with one attached hydrogen (secondary N) is 1. The molecule has 0 unspecified atom stereocenters. The van der Waals surface area contributed by atoms with Gasteiger partial charge in [0.2, 0.25) is 0 Å². The van der Waals surface area contributed by atoms with Gasteiger partial charge in [-0.25, -0.2) is 9.97 Å². The van der Waals surface area contributed by atoms with Crippen molar-refractivity contribution in [1.29, 1.82) is 0 Å². The number of hydrogen-bond donors (Lipinski definition) is 1. The highest BCUT2D eigenvalue weighted by Gasteiger charge is 2.09. The molecule has 4 rings (SSSR count). The standard InChI is InChI=1S/C16H12N4OS/c1-2-4-14-12(3-1)7-11(9-21-14)8-19-20-15-13-5-6-22-16(13)18-10-17-15/h1-8,10H,9H2,(H,17,18,20). The van der Waals surface area contributed by atoms with Crippen LogP contribution in [0.4, 0.5) is 5.82 Å². The summed E-state index contributed by atoms with van der Waals surface area (Å²) in [4.78, 5) is 9.37. The quantitative estimate of drug-likeness (QED) is 0.593. The van der Waals surface area contributed by atoms with Gasteiger partial charge in [0.05, 0.1) is 11.6 Å². The monoisotopic (exact) mass is 308 g/mol. The van der Waals surface area contributed by atoms with Gasteiger partial charge in [0, 0.05) is 11.1 Å².